The summed E-state index contributed by atoms with van der Waals surface area (Å²) in [6.07, 6.45) is -1.23. The molecule has 1 aliphatic heterocycles. The van der Waals surface area contributed by atoms with Crippen LogP contribution in [0.4, 0.5) is 11.4 Å². The molecule has 0 unspecified atom stereocenters. The van der Waals surface area contributed by atoms with Crippen LogP contribution in [0.3, 0.4) is 0 Å². The summed E-state index contributed by atoms with van der Waals surface area (Å²) in [7, 11) is -2.25. The van der Waals surface area contributed by atoms with Gasteiger partial charge in [-0.2, -0.15) is 0 Å². The molecule has 0 saturated carbocycles. The van der Waals surface area contributed by atoms with Crippen molar-refractivity contribution in [3.63, 3.8) is 0 Å². The normalized spacial score (nSPS) is 13.2. The van der Waals surface area contributed by atoms with Gasteiger partial charge in [-0.1, -0.05) is 18.2 Å². The van der Waals surface area contributed by atoms with Crippen molar-refractivity contribution >= 4 is 33.3 Å². The number of nitrogens with zero attached hydrogens (tertiary/aromatic N) is 2. The monoisotopic (exact) mass is 592 g/mol. The zero-order chi connectivity index (χ0) is 30.0. The van der Waals surface area contributed by atoms with Crippen molar-refractivity contribution in [1.82, 2.24) is 9.36 Å². The molecule has 42 heavy (non-hydrogen) atoms. The molecule has 1 aromatic heterocycles. The second kappa shape index (κ2) is 11.4. The van der Waals surface area contributed by atoms with Gasteiger partial charge in [0.1, 0.15) is 18.9 Å². The van der Waals surface area contributed by atoms with Gasteiger partial charge in [-0.3, -0.25) is 19.0 Å². The molecular formula is C29H28N4O8S. The molecule has 0 radical (unpaired) electrons. The van der Waals surface area contributed by atoms with Crippen LogP contribution >= 0.6 is 0 Å². The fourth-order valence-corrected chi connectivity index (χ4v) is 5.37. The highest BCUT2D eigenvalue weighted by Gasteiger charge is 2.24. The maximum atomic E-state index is 13.1. The maximum Gasteiger partial charge on any atom is 0.338 e. The van der Waals surface area contributed by atoms with Gasteiger partial charge < -0.3 is 19.5 Å². The van der Waals surface area contributed by atoms with E-state index in [4.69, 9.17) is 14.2 Å². The summed E-state index contributed by atoms with van der Waals surface area (Å²) in [6, 6.07) is 18.8. The highest BCUT2D eigenvalue weighted by molar-refractivity contribution is 7.92. The van der Waals surface area contributed by atoms with Gasteiger partial charge in [0.2, 0.25) is 0 Å². The van der Waals surface area contributed by atoms with E-state index in [1.54, 1.807) is 42.9 Å². The lowest BCUT2D eigenvalue weighted by Crippen LogP contribution is -2.32. The van der Waals surface area contributed by atoms with Crippen molar-refractivity contribution in [2.24, 2.45) is 7.05 Å². The number of esters is 1. The topological polar surface area (TPSA) is 147 Å². The first-order valence-corrected chi connectivity index (χ1v) is 14.4. The summed E-state index contributed by atoms with van der Waals surface area (Å²) in [5, 5.41) is 2.57. The lowest BCUT2D eigenvalue weighted by Gasteiger charge is -2.19. The van der Waals surface area contributed by atoms with Gasteiger partial charge >= 0.3 is 5.97 Å². The predicted molar refractivity (Wildman–Crippen MR) is 154 cm³/mol. The third-order valence-electron chi connectivity index (χ3n) is 6.65. The Morgan fingerprint density at radius 3 is 2.31 bits per heavy atom. The van der Waals surface area contributed by atoms with Crippen molar-refractivity contribution in [3.05, 3.63) is 94.4 Å². The Hall–Kier alpha value is -5.04. The molecule has 13 heteroatoms. The van der Waals surface area contributed by atoms with Gasteiger partial charge in [-0.25, -0.2) is 17.9 Å². The number of hydrogen-bond donors (Lipinski definition) is 2. The largest absolute Gasteiger partial charge is 0.486 e. The lowest BCUT2D eigenvalue weighted by atomic mass is 10.2. The molecule has 218 valence electrons. The zero-order valence-electron chi connectivity index (χ0n) is 23.0. The van der Waals surface area contributed by atoms with Crippen LogP contribution in [0, 0.1) is 6.92 Å². The van der Waals surface area contributed by atoms with Gasteiger partial charge in [0, 0.05) is 18.8 Å². The minimum Gasteiger partial charge on any atom is -0.486 e. The molecule has 0 aliphatic carbocycles. The van der Waals surface area contributed by atoms with Gasteiger partial charge in [0.25, 0.3) is 21.5 Å². The Morgan fingerprint density at radius 1 is 0.952 bits per heavy atom. The number of anilines is 2. The number of carbonyl (C=O) groups is 2. The molecule has 0 saturated heterocycles. The average Bonchev–Trinajstić information content (AvgIpc) is 3.20. The summed E-state index contributed by atoms with van der Waals surface area (Å²) in [5.41, 5.74) is 1.10. The number of hydrogen-bond acceptors (Lipinski definition) is 8. The molecule has 1 atom stereocenters. The third kappa shape index (κ3) is 5.72. The Labute approximate surface area is 241 Å². The van der Waals surface area contributed by atoms with Gasteiger partial charge in [0.15, 0.2) is 17.6 Å². The van der Waals surface area contributed by atoms with E-state index in [0.717, 1.165) is 0 Å². The smallest absolute Gasteiger partial charge is 0.338 e. The summed E-state index contributed by atoms with van der Waals surface area (Å²) in [6.45, 7) is 3.79. The van der Waals surface area contributed by atoms with Crippen LogP contribution in [0.25, 0.3) is 5.69 Å². The number of para-hydroxylation sites is 1. The number of nitrogens with one attached hydrogen (secondary N) is 2. The van der Waals surface area contributed by atoms with Crippen LogP contribution in [-0.2, 0) is 26.6 Å². The first kappa shape index (κ1) is 28.5. The number of rotatable bonds is 8. The van der Waals surface area contributed by atoms with Crippen molar-refractivity contribution in [1.29, 1.82) is 0 Å². The SMILES string of the molecule is Cc1c(NC(=O)[C@H](C)OC(=O)c2ccc(NS(=O)(=O)c3ccc4c(c3)OCCO4)cc2)c(=O)n(-c2ccccc2)n1C. The van der Waals surface area contributed by atoms with Crippen LogP contribution in [0.15, 0.2) is 82.5 Å². The Bertz CT molecular complexity index is 1810. The molecule has 2 heterocycles. The van der Waals surface area contributed by atoms with Gasteiger partial charge in [0.05, 0.1) is 21.8 Å². The molecule has 0 spiro atoms. The number of fused-ring (bicyclic) bond motifs is 1. The fourth-order valence-electron chi connectivity index (χ4n) is 4.30. The van der Waals surface area contributed by atoms with E-state index in [1.807, 2.05) is 6.07 Å². The zero-order valence-corrected chi connectivity index (χ0v) is 23.8. The third-order valence-corrected chi connectivity index (χ3v) is 8.03. The van der Waals surface area contributed by atoms with E-state index >= 15 is 0 Å². The lowest BCUT2D eigenvalue weighted by molar-refractivity contribution is -0.123. The van der Waals surface area contributed by atoms with E-state index in [0.29, 0.717) is 36.1 Å². The molecule has 4 aromatic rings. The number of benzene rings is 3. The fraction of sp³-hybridized carbons (Fsp3) is 0.207. The van der Waals surface area contributed by atoms with E-state index in [9.17, 15) is 22.8 Å². The molecule has 1 aliphatic rings. The molecule has 5 rings (SSSR count). The Balaban J connectivity index is 1.22. The highest BCUT2D eigenvalue weighted by Crippen LogP contribution is 2.32. The first-order valence-electron chi connectivity index (χ1n) is 12.9. The predicted octanol–water partition coefficient (Wildman–Crippen LogP) is 3.24. The number of sulfonamides is 1. The minimum absolute atomic E-state index is 0.0146. The van der Waals surface area contributed by atoms with E-state index in [2.05, 4.69) is 10.0 Å². The molecule has 0 fully saturated rings. The highest BCUT2D eigenvalue weighted by atomic mass is 32.2. The Kier molecular flexibility index (Phi) is 7.77. The van der Waals surface area contributed by atoms with Crippen molar-refractivity contribution < 1.29 is 32.2 Å². The van der Waals surface area contributed by atoms with E-state index < -0.39 is 33.6 Å². The minimum atomic E-state index is -3.95. The maximum absolute atomic E-state index is 13.1. The number of amides is 1. The molecule has 2 N–H and O–H groups in total. The number of ether oxygens (including phenoxy) is 3. The summed E-state index contributed by atoms with van der Waals surface area (Å²) in [4.78, 5) is 38.6. The van der Waals surface area contributed by atoms with Crippen LogP contribution in [0.2, 0.25) is 0 Å². The van der Waals surface area contributed by atoms with Crippen LogP contribution in [-0.4, -0.2) is 49.0 Å². The van der Waals surface area contributed by atoms with Crippen molar-refractivity contribution in [2.45, 2.75) is 24.8 Å². The average molecular weight is 593 g/mol. The van der Waals surface area contributed by atoms with Gasteiger partial charge in [-0.15, -0.1) is 0 Å². The van der Waals surface area contributed by atoms with Crippen LogP contribution in [0.1, 0.15) is 23.0 Å². The van der Waals surface area contributed by atoms with Crippen molar-refractivity contribution in [3.8, 4) is 17.2 Å². The van der Waals surface area contributed by atoms with E-state index in [1.165, 1.54) is 54.1 Å². The number of aromatic nitrogens is 2. The summed E-state index contributed by atoms with van der Waals surface area (Å²) in [5.74, 6) is -0.678. The van der Waals surface area contributed by atoms with Gasteiger partial charge in [-0.05, 0) is 62.4 Å². The first-order chi connectivity index (χ1) is 20.0. The quantitative estimate of drug-likeness (QED) is 0.297. The Morgan fingerprint density at radius 2 is 1.62 bits per heavy atom. The molecule has 0 bridgehead atoms. The molecular weight excluding hydrogens is 564 g/mol. The number of carbonyl (C=O) groups excluding carboxylic acids is 2. The van der Waals surface area contributed by atoms with Crippen molar-refractivity contribution in [2.75, 3.05) is 23.3 Å². The molecule has 12 nitrogen and oxygen atoms in total. The van der Waals surface area contributed by atoms with E-state index in [-0.39, 0.29) is 21.8 Å². The van der Waals surface area contributed by atoms with Crippen LogP contribution < -0.4 is 25.1 Å². The standard InChI is InChI=1S/C29H28N4O8S/c1-18-26(28(35)33(32(18)3)22-7-5-4-6-8-22)30-27(34)19(2)41-29(36)20-9-11-21(12-10-20)31-42(37,38)23-13-14-24-25(17-23)40-16-15-39-24/h4-14,17,19,31H,15-16H2,1-3H3,(H,30,34)/t19-/m0/s1. The summed E-state index contributed by atoms with van der Waals surface area (Å²) < 4.78 is 47.4. The second-order valence-corrected chi connectivity index (χ2v) is 11.1. The summed E-state index contributed by atoms with van der Waals surface area (Å²) >= 11 is 0. The molecule has 3 aromatic carbocycles. The second-order valence-electron chi connectivity index (χ2n) is 9.46. The molecule has 1 amide bonds. The van der Waals surface area contributed by atoms with Crippen LogP contribution in [0.5, 0.6) is 11.5 Å².